The van der Waals surface area contributed by atoms with E-state index < -0.39 is 0 Å². The number of aromatic nitrogens is 2. The van der Waals surface area contributed by atoms with Gasteiger partial charge in [-0.15, -0.1) is 0 Å². The molecule has 130 valence electrons. The number of amides is 2. The number of anilines is 3. The van der Waals surface area contributed by atoms with Gasteiger partial charge in [-0.2, -0.15) is 9.97 Å². The largest absolute Gasteiger partial charge is 0.396 e. The smallest absolute Gasteiger partial charge is 0.232 e. The summed E-state index contributed by atoms with van der Waals surface area (Å²) >= 11 is 6.10. The molecule has 24 heavy (non-hydrogen) atoms. The molecule has 1 aliphatic rings. The fourth-order valence-electron chi connectivity index (χ4n) is 2.23. The van der Waals surface area contributed by atoms with Crippen LogP contribution in [-0.4, -0.2) is 40.0 Å². The highest BCUT2D eigenvalue weighted by atomic mass is 35.5. The Morgan fingerprint density at radius 3 is 2.79 bits per heavy atom. The molecule has 4 N–H and O–H groups in total. The Labute approximate surface area is 144 Å². The average molecular weight is 354 g/mol. The predicted molar refractivity (Wildman–Crippen MR) is 91.9 cm³/mol. The highest BCUT2D eigenvalue weighted by Crippen LogP contribution is 2.30. The van der Waals surface area contributed by atoms with Crippen LogP contribution in [0.2, 0.25) is 5.15 Å². The summed E-state index contributed by atoms with van der Waals surface area (Å²) in [7, 11) is 0. The quantitative estimate of drug-likeness (QED) is 0.336. The molecule has 1 aromatic heterocycles. The first-order valence-electron chi connectivity index (χ1n) is 7.58. The van der Waals surface area contributed by atoms with Gasteiger partial charge < -0.3 is 15.7 Å². The van der Waals surface area contributed by atoms with Crippen molar-refractivity contribution in [1.82, 2.24) is 9.97 Å². The first-order valence-corrected chi connectivity index (χ1v) is 7.96. The lowest BCUT2D eigenvalue weighted by Crippen LogP contribution is -2.22. The van der Waals surface area contributed by atoms with Gasteiger partial charge in [-0.25, -0.2) is 0 Å². The molecule has 1 heterocycles. The lowest BCUT2D eigenvalue weighted by molar-refractivity contribution is -0.119. The zero-order chi connectivity index (χ0) is 17.7. The maximum absolute atomic E-state index is 11.8. The van der Waals surface area contributed by atoms with Gasteiger partial charge >= 0.3 is 0 Å². The SMILES string of the molecule is CC(C)C(=O)Nc1nc(Cl)c(NC=O)c(NC2C=C[C@@H](CO)C2)n1. The summed E-state index contributed by atoms with van der Waals surface area (Å²) in [5, 5.41) is 17.4. The maximum atomic E-state index is 11.8. The van der Waals surface area contributed by atoms with E-state index in [1.54, 1.807) is 13.8 Å². The van der Waals surface area contributed by atoms with Crippen molar-refractivity contribution in [2.45, 2.75) is 26.3 Å². The van der Waals surface area contributed by atoms with Gasteiger partial charge in [-0.05, 0) is 6.42 Å². The summed E-state index contributed by atoms with van der Waals surface area (Å²) < 4.78 is 0. The number of aliphatic hydroxyl groups is 1. The number of carbonyl (C=O) groups excluding carboxylic acids is 2. The first-order chi connectivity index (χ1) is 11.4. The van der Waals surface area contributed by atoms with E-state index >= 15 is 0 Å². The van der Waals surface area contributed by atoms with E-state index in [9.17, 15) is 14.7 Å². The van der Waals surface area contributed by atoms with E-state index in [0.29, 0.717) is 18.6 Å². The van der Waals surface area contributed by atoms with Crippen molar-refractivity contribution in [2.24, 2.45) is 11.8 Å². The third-order valence-electron chi connectivity index (χ3n) is 3.56. The zero-order valence-electron chi connectivity index (χ0n) is 13.4. The second-order valence-electron chi connectivity index (χ2n) is 5.78. The number of hydrogen-bond donors (Lipinski definition) is 4. The van der Waals surface area contributed by atoms with E-state index in [-0.39, 0.29) is 47.2 Å². The number of carbonyl (C=O) groups is 2. The normalized spacial score (nSPS) is 19.4. The molecule has 0 fully saturated rings. The summed E-state index contributed by atoms with van der Waals surface area (Å²) in [5.74, 6) is -0.0519. The molecule has 2 amide bonds. The van der Waals surface area contributed by atoms with Gasteiger partial charge in [-0.3, -0.25) is 14.9 Å². The van der Waals surface area contributed by atoms with Crippen LogP contribution >= 0.6 is 11.6 Å². The monoisotopic (exact) mass is 353 g/mol. The van der Waals surface area contributed by atoms with Crippen LogP contribution in [0.15, 0.2) is 12.2 Å². The van der Waals surface area contributed by atoms with Gasteiger partial charge in [0.25, 0.3) is 0 Å². The van der Waals surface area contributed by atoms with Gasteiger partial charge in [0.15, 0.2) is 11.0 Å². The van der Waals surface area contributed by atoms with Crippen molar-refractivity contribution < 1.29 is 14.7 Å². The van der Waals surface area contributed by atoms with Crippen molar-refractivity contribution in [3.8, 4) is 0 Å². The van der Waals surface area contributed by atoms with Crippen LogP contribution in [0.5, 0.6) is 0 Å². The van der Waals surface area contributed by atoms with Crippen LogP contribution < -0.4 is 16.0 Å². The summed E-state index contributed by atoms with van der Waals surface area (Å²) in [5.41, 5.74) is 0.232. The minimum Gasteiger partial charge on any atom is -0.396 e. The number of hydrogen-bond acceptors (Lipinski definition) is 6. The van der Waals surface area contributed by atoms with E-state index in [1.807, 2.05) is 12.2 Å². The summed E-state index contributed by atoms with van der Waals surface area (Å²) in [4.78, 5) is 30.8. The van der Waals surface area contributed by atoms with Gasteiger partial charge in [0, 0.05) is 24.5 Å². The molecule has 9 heteroatoms. The van der Waals surface area contributed by atoms with Crippen LogP contribution in [0.4, 0.5) is 17.5 Å². The lowest BCUT2D eigenvalue weighted by Gasteiger charge is -2.17. The molecule has 0 bridgehead atoms. The Morgan fingerprint density at radius 2 is 2.21 bits per heavy atom. The van der Waals surface area contributed by atoms with Crippen molar-refractivity contribution in [2.75, 3.05) is 22.6 Å². The Kier molecular flexibility index (Phi) is 6.10. The van der Waals surface area contributed by atoms with Crippen LogP contribution in [0.1, 0.15) is 20.3 Å². The van der Waals surface area contributed by atoms with Crippen molar-refractivity contribution >= 4 is 41.4 Å². The van der Waals surface area contributed by atoms with Gasteiger partial charge in [0.2, 0.25) is 18.3 Å². The average Bonchev–Trinajstić information content (AvgIpc) is 2.98. The fourth-order valence-corrected chi connectivity index (χ4v) is 2.45. The summed E-state index contributed by atoms with van der Waals surface area (Å²) in [6.45, 7) is 3.56. The van der Waals surface area contributed by atoms with Crippen LogP contribution in [0.3, 0.4) is 0 Å². The highest BCUT2D eigenvalue weighted by molar-refractivity contribution is 6.33. The van der Waals surface area contributed by atoms with Gasteiger partial charge in [-0.1, -0.05) is 37.6 Å². The molecule has 0 radical (unpaired) electrons. The standard InChI is InChI=1S/C15H20ClN5O3/c1-8(2)14(24)21-15-19-12(16)11(17-7-23)13(20-15)18-10-4-3-9(5-10)6-22/h3-4,7-10,22H,5-6H2,1-2H3,(H,17,23)(H2,18,19,20,21,24)/t9-,10?/m1/s1. The minimum atomic E-state index is -0.241. The third kappa shape index (κ3) is 4.42. The van der Waals surface area contributed by atoms with Crippen LogP contribution in [-0.2, 0) is 9.59 Å². The molecule has 8 nitrogen and oxygen atoms in total. The molecule has 2 rings (SSSR count). The van der Waals surface area contributed by atoms with E-state index in [4.69, 9.17) is 11.6 Å². The molecule has 0 spiro atoms. The number of nitrogens with one attached hydrogen (secondary N) is 3. The second kappa shape index (κ2) is 8.07. The summed E-state index contributed by atoms with van der Waals surface area (Å²) in [6.07, 6.45) is 4.98. The van der Waals surface area contributed by atoms with E-state index in [1.165, 1.54) is 0 Å². The molecule has 1 unspecified atom stereocenters. The minimum absolute atomic E-state index is 0.0133. The van der Waals surface area contributed by atoms with Crippen molar-refractivity contribution in [3.05, 3.63) is 17.3 Å². The van der Waals surface area contributed by atoms with E-state index in [2.05, 4.69) is 25.9 Å². The second-order valence-corrected chi connectivity index (χ2v) is 6.14. The van der Waals surface area contributed by atoms with E-state index in [0.717, 1.165) is 0 Å². The number of rotatable bonds is 7. The zero-order valence-corrected chi connectivity index (χ0v) is 14.2. The molecular weight excluding hydrogens is 334 g/mol. The van der Waals surface area contributed by atoms with Gasteiger partial charge in [0.05, 0.1) is 0 Å². The third-order valence-corrected chi connectivity index (χ3v) is 3.83. The van der Waals surface area contributed by atoms with Crippen LogP contribution in [0, 0.1) is 11.8 Å². The first kappa shape index (κ1) is 18.2. The molecular formula is C15H20ClN5O3. The summed E-state index contributed by atoms with van der Waals surface area (Å²) in [6, 6.07) is -0.0750. The van der Waals surface area contributed by atoms with Gasteiger partial charge in [0.1, 0.15) is 5.69 Å². The van der Waals surface area contributed by atoms with Crippen LogP contribution in [0.25, 0.3) is 0 Å². The molecule has 2 atom stereocenters. The molecule has 0 saturated carbocycles. The topological polar surface area (TPSA) is 116 Å². The number of aliphatic hydroxyl groups excluding tert-OH is 1. The Hall–Kier alpha value is -2.19. The Morgan fingerprint density at radius 1 is 1.46 bits per heavy atom. The van der Waals surface area contributed by atoms with Crippen molar-refractivity contribution in [1.29, 1.82) is 0 Å². The molecule has 0 aliphatic heterocycles. The molecule has 0 aromatic carbocycles. The molecule has 0 saturated heterocycles. The number of nitrogens with zero attached hydrogens (tertiary/aromatic N) is 2. The number of halogens is 1. The molecule has 1 aromatic rings. The maximum Gasteiger partial charge on any atom is 0.232 e. The highest BCUT2D eigenvalue weighted by Gasteiger charge is 2.22. The fraction of sp³-hybridized carbons (Fsp3) is 0.467. The Balaban J connectivity index is 2.25. The Bertz CT molecular complexity index is 650. The lowest BCUT2D eigenvalue weighted by atomic mass is 10.1. The predicted octanol–water partition coefficient (Wildman–Crippen LogP) is 1.64. The van der Waals surface area contributed by atoms with Crippen molar-refractivity contribution in [3.63, 3.8) is 0 Å². The molecule has 1 aliphatic carbocycles.